The summed E-state index contributed by atoms with van der Waals surface area (Å²) in [5, 5.41) is 1.29. The van der Waals surface area contributed by atoms with Crippen molar-refractivity contribution in [2.45, 2.75) is 45.8 Å². The lowest BCUT2D eigenvalue weighted by molar-refractivity contribution is -0.151. The number of pyridine rings is 1. The average molecular weight is 405 g/mol. The van der Waals surface area contributed by atoms with Crippen LogP contribution in [-0.4, -0.2) is 40.6 Å². The van der Waals surface area contributed by atoms with Crippen molar-refractivity contribution in [1.29, 1.82) is 0 Å². The lowest BCUT2D eigenvalue weighted by Gasteiger charge is -2.32. The zero-order valence-electron chi connectivity index (χ0n) is 16.4. The van der Waals surface area contributed by atoms with E-state index in [0.717, 1.165) is 10.9 Å². The maximum Gasteiger partial charge on any atom is 0.410 e. The van der Waals surface area contributed by atoms with Crippen LogP contribution in [0.5, 0.6) is 0 Å². The van der Waals surface area contributed by atoms with E-state index in [-0.39, 0.29) is 24.6 Å². The smallest absolute Gasteiger partial charge is 0.410 e. The molecule has 0 saturated carbocycles. The molecule has 1 amide bonds. The van der Waals surface area contributed by atoms with Crippen molar-refractivity contribution in [2.24, 2.45) is 5.92 Å². The van der Waals surface area contributed by atoms with Crippen molar-refractivity contribution in [1.82, 2.24) is 9.88 Å². The highest BCUT2D eigenvalue weighted by Gasteiger charge is 2.30. The van der Waals surface area contributed by atoms with Crippen LogP contribution in [0.4, 0.5) is 4.79 Å². The summed E-state index contributed by atoms with van der Waals surface area (Å²) in [6.07, 6.45) is 0.775. The van der Waals surface area contributed by atoms with Crippen LogP contribution in [0.1, 0.15) is 39.2 Å². The number of fused-ring (bicyclic) bond motifs is 1. The van der Waals surface area contributed by atoms with Crippen molar-refractivity contribution >= 4 is 34.6 Å². The largest absolute Gasteiger partial charge is 0.460 e. The number of hydrogen-bond donors (Lipinski definition) is 0. The molecule has 1 aliphatic rings. The number of ether oxygens (including phenoxy) is 2. The maximum absolute atomic E-state index is 12.4. The third-order valence-electron chi connectivity index (χ3n) is 4.60. The Kier molecular flexibility index (Phi) is 6.08. The number of nitrogens with zero attached hydrogens (tertiary/aromatic N) is 2. The number of carbonyl (C=O) groups is 2. The van der Waals surface area contributed by atoms with Crippen LogP contribution in [0.2, 0.25) is 5.15 Å². The molecular formula is C21H25ClN2O4. The second-order valence-electron chi connectivity index (χ2n) is 7.98. The number of carbonyl (C=O) groups excluding carboxylic acids is 2. The molecule has 3 rings (SSSR count). The Morgan fingerprint density at radius 2 is 1.89 bits per heavy atom. The Morgan fingerprint density at radius 3 is 2.57 bits per heavy atom. The Labute approximate surface area is 169 Å². The summed E-state index contributed by atoms with van der Waals surface area (Å²) in [6.45, 7) is 6.55. The standard InChI is InChI=1S/C21H25ClN2O4/c1-21(2,3)28-20(26)24-10-8-14(9-11-24)19(25)27-13-16-12-15-6-4-5-7-17(15)23-18(16)22/h4-7,12,14H,8-11,13H2,1-3H3. The van der Waals surface area contributed by atoms with E-state index in [1.807, 2.05) is 51.1 Å². The van der Waals surface area contributed by atoms with E-state index in [4.69, 9.17) is 21.1 Å². The maximum atomic E-state index is 12.4. The minimum Gasteiger partial charge on any atom is -0.460 e. The summed E-state index contributed by atoms with van der Waals surface area (Å²) >= 11 is 6.22. The van der Waals surface area contributed by atoms with Gasteiger partial charge in [-0.25, -0.2) is 9.78 Å². The van der Waals surface area contributed by atoms with Crippen LogP contribution < -0.4 is 0 Å². The lowest BCUT2D eigenvalue weighted by atomic mass is 9.97. The molecule has 1 aromatic heterocycles. The Morgan fingerprint density at radius 1 is 1.21 bits per heavy atom. The quantitative estimate of drug-likeness (QED) is 0.553. The van der Waals surface area contributed by atoms with E-state index in [9.17, 15) is 9.59 Å². The van der Waals surface area contributed by atoms with Gasteiger partial charge in [0.1, 0.15) is 17.4 Å². The molecule has 0 N–H and O–H groups in total. The topological polar surface area (TPSA) is 68.7 Å². The van der Waals surface area contributed by atoms with Crippen molar-refractivity contribution in [3.05, 3.63) is 41.0 Å². The molecule has 1 fully saturated rings. The first-order chi connectivity index (χ1) is 13.2. The fourth-order valence-corrected chi connectivity index (χ4v) is 3.33. The van der Waals surface area contributed by atoms with Gasteiger partial charge in [-0.3, -0.25) is 4.79 Å². The number of piperidine rings is 1. The van der Waals surface area contributed by atoms with Crippen molar-refractivity contribution in [2.75, 3.05) is 13.1 Å². The number of halogens is 1. The summed E-state index contributed by atoms with van der Waals surface area (Å²) in [5.41, 5.74) is 0.956. The molecule has 0 radical (unpaired) electrons. The number of likely N-dealkylation sites (tertiary alicyclic amines) is 1. The third-order valence-corrected chi connectivity index (χ3v) is 4.93. The number of para-hydroxylation sites is 1. The molecule has 150 valence electrons. The van der Waals surface area contributed by atoms with Gasteiger partial charge in [0.05, 0.1) is 11.4 Å². The highest BCUT2D eigenvalue weighted by atomic mass is 35.5. The molecule has 1 aliphatic heterocycles. The summed E-state index contributed by atoms with van der Waals surface area (Å²) in [7, 11) is 0. The van der Waals surface area contributed by atoms with Gasteiger partial charge >= 0.3 is 12.1 Å². The van der Waals surface area contributed by atoms with Gasteiger partial charge < -0.3 is 14.4 Å². The highest BCUT2D eigenvalue weighted by Crippen LogP contribution is 2.24. The number of amides is 1. The third kappa shape index (κ3) is 5.13. The molecule has 0 aliphatic carbocycles. The van der Waals surface area contributed by atoms with Crippen molar-refractivity contribution in [3.8, 4) is 0 Å². The molecule has 28 heavy (non-hydrogen) atoms. The first-order valence-corrected chi connectivity index (χ1v) is 9.79. The molecule has 0 bridgehead atoms. The second-order valence-corrected chi connectivity index (χ2v) is 8.34. The lowest BCUT2D eigenvalue weighted by Crippen LogP contribution is -2.43. The Hall–Kier alpha value is -2.34. The van der Waals surface area contributed by atoms with Gasteiger partial charge in [0.15, 0.2) is 0 Å². The first kappa shape index (κ1) is 20.4. The molecule has 0 atom stereocenters. The van der Waals surface area contributed by atoms with Gasteiger partial charge in [0.25, 0.3) is 0 Å². The summed E-state index contributed by atoms with van der Waals surface area (Å²) in [6, 6.07) is 9.54. The van der Waals surface area contributed by atoms with Crippen LogP contribution in [0.15, 0.2) is 30.3 Å². The number of rotatable bonds is 3. The van der Waals surface area contributed by atoms with Crippen LogP contribution in [-0.2, 0) is 20.9 Å². The average Bonchev–Trinajstić information content (AvgIpc) is 2.65. The van der Waals surface area contributed by atoms with E-state index < -0.39 is 5.60 Å². The van der Waals surface area contributed by atoms with Gasteiger partial charge in [0, 0.05) is 24.0 Å². The molecule has 0 unspecified atom stereocenters. The number of esters is 1. The predicted octanol–water partition coefficient (Wildman–Crippen LogP) is 4.58. The molecule has 2 aromatic rings. The fourth-order valence-electron chi connectivity index (χ4n) is 3.13. The SMILES string of the molecule is CC(C)(C)OC(=O)N1CCC(C(=O)OCc2cc3ccccc3nc2Cl)CC1. The number of benzene rings is 1. The summed E-state index contributed by atoms with van der Waals surface area (Å²) in [5.74, 6) is -0.501. The zero-order chi connectivity index (χ0) is 20.3. The normalized spacial score (nSPS) is 15.5. The first-order valence-electron chi connectivity index (χ1n) is 9.41. The van der Waals surface area contributed by atoms with Gasteiger partial charge in [-0.1, -0.05) is 29.8 Å². The fraction of sp³-hybridized carbons (Fsp3) is 0.476. The Balaban J connectivity index is 1.53. The molecule has 6 nitrogen and oxygen atoms in total. The van der Waals surface area contributed by atoms with Crippen LogP contribution >= 0.6 is 11.6 Å². The van der Waals surface area contributed by atoms with Gasteiger partial charge in [-0.2, -0.15) is 0 Å². The Bertz CT molecular complexity index is 870. The molecule has 0 spiro atoms. The van der Waals surface area contributed by atoms with Crippen molar-refractivity contribution < 1.29 is 19.1 Å². The van der Waals surface area contributed by atoms with E-state index in [2.05, 4.69) is 4.98 Å². The van der Waals surface area contributed by atoms with Crippen LogP contribution in [0, 0.1) is 5.92 Å². The minimum atomic E-state index is -0.528. The van der Waals surface area contributed by atoms with E-state index in [0.29, 0.717) is 36.6 Å². The van der Waals surface area contributed by atoms with Crippen LogP contribution in [0.25, 0.3) is 10.9 Å². The predicted molar refractivity (Wildman–Crippen MR) is 107 cm³/mol. The van der Waals surface area contributed by atoms with Gasteiger partial charge in [-0.15, -0.1) is 0 Å². The molecular weight excluding hydrogens is 380 g/mol. The molecule has 2 heterocycles. The van der Waals surface area contributed by atoms with Gasteiger partial charge in [-0.05, 0) is 45.7 Å². The zero-order valence-corrected chi connectivity index (χ0v) is 17.2. The van der Waals surface area contributed by atoms with Crippen LogP contribution in [0.3, 0.4) is 0 Å². The summed E-state index contributed by atoms with van der Waals surface area (Å²) < 4.78 is 10.9. The molecule has 1 saturated heterocycles. The molecule has 1 aromatic carbocycles. The summed E-state index contributed by atoms with van der Waals surface area (Å²) in [4.78, 5) is 30.5. The number of aromatic nitrogens is 1. The minimum absolute atomic E-state index is 0.0851. The van der Waals surface area contributed by atoms with E-state index in [1.165, 1.54) is 0 Å². The number of hydrogen-bond acceptors (Lipinski definition) is 5. The van der Waals surface area contributed by atoms with E-state index >= 15 is 0 Å². The highest BCUT2D eigenvalue weighted by molar-refractivity contribution is 6.30. The monoisotopic (exact) mass is 404 g/mol. The molecule has 7 heteroatoms. The van der Waals surface area contributed by atoms with Gasteiger partial charge in [0.2, 0.25) is 0 Å². The van der Waals surface area contributed by atoms with E-state index in [1.54, 1.807) is 4.90 Å². The van der Waals surface area contributed by atoms with Crippen molar-refractivity contribution in [3.63, 3.8) is 0 Å². The second kappa shape index (κ2) is 8.35.